The number of carbonyl (C=O) groups is 1. The van der Waals surface area contributed by atoms with E-state index in [0.717, 1.165) is 18.6 Å². The van der Waals surface area contributed by atoms with Crippen LogP contribution >= 0.6 is 0 Å². The van der Waals surface area contributed by atoms with Crippen molar-refractivity contribution >= 4 is 15.7 Å². The van der Waals surface area contributed by atoms with Gasteiger partial charge in [0.25, 0.3) is 0 Å². The zero-order valence-electron chi connectivity index (χ0n) is 15.7. The van der Waals surface area contributed by atoms with Crippen molar-refractivity contribution in [3.8, 4) is 0 Å². The highest BCUT2D eigenvalue weighted by molar-refractivity contribution is 7.91. The van der Waals surface area contributed by atoms with Gasteiger partial charge in [-0.05, 0) is 36.8 Å². The lowest BCUT2D eigenvalue weighted by atomic mass is 9.78. The monoisotopic (exact) mass is 382 g/mol. The lowest BCUT2D eigenvalue weighted by molar-refractivity contribution is -0.124. The van der Waals surface area contributed by atoms with Crippen LogP contribution in [-0.4, -0.2) is 49.4 Å². The summed E-state index contributed by atoms with van der Waals surface area (Å²) in [5.41, 5.74) is 0. The van der Waals surface area contributed by atoms with E-state index in [1.54, 1.807) is 6.26 Å². The van der Waals surface area contributed by atoms with Gasteiger partial charge in [0.2, 0.25) is 5.91 Å². The molecule has 0 aromatic carbocycles. The molecule has 1 saturated heterocycles. The number of furan rings is 1. The molecule has 1 aliphatic carbocycles. The molecule has 1 amide bonds. The number of rotatable bonds is 6. The second-order valence-electron chi connectivity index (χ2n) is 7.98. The molecule has 2 heterocycles. The predicted molar refractivity (Wildman–Crippen MR) is 100 cm³/mol. The van der Waals surface area contributed by atoms with Gasteiger partial charge in [-0.25, -0.2) is 8.42 Å². The van der Waals surface area contributed by atoms with Crippen molar-refractivity contribution < 1.29 is 17.6 Å². The maximum atomic E-state index is 12.7. The minimum Gasteiger partial charge on any atom is -0.468 e. The van der Waals surface area contributed by atoms with Gasteiger partial charge >= 0.3 is 0 Å². The molecular formula is C19H30N2O4S. The fourth-order valence-electron chi connectivity index (χ4n) is 4.20. The van der Waals surface area contributed by atoms with Crippen molar-refractivity contribution in [2.75, 3.05) is 18.1 Å². The molecule has 2 fully saturated rings. The molecule has 1 N–H and O–H groups in total. The van der Waals surface area contributed by atoms with Crippen molar-refractivity contribution in [1.29, 1.82) is 0 Å². The first-order chi connectivity index (χ1) is 12.3. The van der Waals surface area contributed by atoms with E-state index in [2.05, 4.69) is 19.2 Å². The maximum Gasteiger partial charge on any atom is 0.234 e. The van der Waals surface area contributed by atoms with Gasteiger partial charge in [-0.15, -0.1) is 0 Å². The van der Waals surface area contributed by atoms with Crippen LogP contribution in [0.1, 0.15) is 45.3 Å². The molecule has 1 aromatic rings. The summed E-state index contributed by atoms with van der Waals surface area (Å²) in [7, 11) is -3.00. The van der Waals surface area contributed by atoms with Crippen LogP contribution in [-0.2, 0) is 21.2 Å². The average Bonchev–Trinajstić information content (AvgIpc) is 3.20. The molecular weight excluding hydrogens is 352 g/mol. The third-order valence-electron chi connectivity index (χ3n) is 6.06. The highest BCUT2D eigenvalue weighted by Crippen LogP contribution is 2.29. The highest BCUT2D eigenvalue weighted by atomic mass is 32.2. The van der Waals surface area contributed by atoms with Crippen molar-refractivity contribution in [1.82, 2.24) is 10.2 Å². The Balaban J connectivity index is 1.63. The van der Waals surface area contributed by atoms with Crippen LogP contribution < -0.4 is 5.32 Å². The first-order valence-electron chi connectivity index (χ1n) is 9.60. The lowest BCUT2D eigenvalue weighted by Gasteiger charge is -2.35. The summed E-state index contributed by atoms with van der Waals surface area (Å²) >= 11 is 0. The number of nitrogens with zero attached hydrogens (tertiary/aromatic N) is 1. The Morgan fingerprint density at radius 2 is 2.12 bits per heavy atom. The minimum atomic E-state index is -3.00. The summed E-state index contributed by atoms with van der Waals surface area (Å²) in [5, 5.41) is 3.19. The zero-order chi connectivity index (χ0) is 18.7. The Labute approximate surface area is 156 Å². The first-order valence-corrected chi connectivity index (χ1v) is 11.4. The predicted octanol–water partition coefficient (Wildman–Crippen LogP) is 2.21. The summed E-state index contributed by atoms with van der Waals surface area (Å²) in [4.78, 5) is 14.6. The number of nitrogens with one attached hydrogen (secondary N) is 1. The molecule has 6 nitrogen and oxygen atoms in total. The van der Waals surface area contributed by atoms with E-state index in [1.165, 1.54) is 6.42 Å². The van der Waals surface area contributed by atoms with Crippen molar-refractivity contribution in [2.45, 2.75) is 58.2 Å². The molecule has 4 atom stereocenters. The summed E-state index contributed by atoms with van der Waals surface area (Å²) in [6, 6.07) is 3.76. The molecule has 4 unspecified atom stereocenters. The van der Waals surface area contributed by atoms with Gasteiger partial charge in [0.05, 0.1) is 30.9 Å². The second kappa shape index (κ2) is 8.13. The number of hydrogen-bond acceptors (Lipinski definition) is 5. The van der Waals surface area contributed by atoms with Gasteiger partial charge < -0.3 is 9.73 Å². The van der Waals surface area contributed by atoms with Gasteiger partial charge in [-0.3, -0.25) is 9.69 Å². The number of hydrogen-bond donors (Lipinski definition) is 1. The molecule has 146 valence electrons. The van der Waals surface area contributed by atoms with E-state index in [1.807, 2.05) is 17.0 Å². The average molecular weight is 383 g/mol. The highest BCUT2D eigenvalue weighted by Gasteiger charge is 2.34. The van der Waals surface area contributed by atoms with Gasteiger partial charge in [0.15, 0.2) is 9.84 Å². The summed E-state index contributed by atoms with van der Waals surface area (Å²) in [6.45, 7) is 5.12. The van der Waals surface area contributed by atoms with Crippen LogP contribution in [0.15, 0.2) is 22.8 Å². The topological polar surface area (TPSA) is 79.6 Å². The quantitative estimate of drug-likeness (QED) is 0.816. The molecule has 0 radical (unpaired) electrons. The third-order valence-corrected chi connectivity index (χ3v) is 7.81. The van der Waals surface area contributed by atoms with Crippen LogP contribution in [0.5, 0.6) is 0 Å². The van der Waals surface area contributed by atoms with Crippen LogP contribution in [0.2, 0.25) is 0 Å². The Kier molecular flexibility index (Phi) is 6.07. The first kappa shape index (κ1) is 19.4. The molecule has 0 spiro atoms. The number of carbonyl (C=O) groups excluding carboxylic acids is 1. The molecule has 7 heteroatoms. The molecule has 1 saturated carbocycles. The van der Waals surface area contributed by atoms with E-state index in [4.69, 9.17) is 4.42 Å². The molecule has 26 heavy (non-hydrogen) atoms. The van der Waals surface area contributed by atoms with E-state index in [-0.39, 0.29) is 36.0 Å². The van der Waals surface area contributed by atoms with E-state index in [0.29, 0.717) is 24.8 Å². The van der Waals surface area contributed by atoms with Gasteiger partial charge in [0.1, 0.15) is 5.76 Å². The lowest BCUT2D eigenvalue weighted by Crippen LogP contribution is -2.49. The van der Waals surface area contributed by atoms with Crippen LogP contribution in [0.4, 0.5) is 0 Å². The maximum absolute atomic E-state index is 12.7. The van der Waals surface area contributed by atoms with Crippen molar-refractivity contribution in [3.05, 3.63) is 24.2 Å². The SMILES string of the molecule is CC1CCCC(NC(=O)CN(Cc2ccco2)C2CCS(=O)(=O)C2)C1C. The normalized spacial score (nSPS) is 31.2. The molecule has 0 bridgehead atoms. The molecule has 1 aromatic heterocycles. The standard InChI is InChI=1S/C19H30N2O4S/c1-14-5-3-7-18(15(14)2)20-19(22)12-21(11-17-6-4-9-25-17)16-8-10-26(23,24)13-16/h4,6,9,14-16,18H,3,5,7-8,10-13H2,1-2H3,(H,20,22). The van der Waals surface area contributed by atoms with Gasteiger partial charge in [-0.2, -0.15) is 0 Å². The fourth-order valence-corrected chi connectivity index (χ4v) is 5.96. The second-order valence-corrected chi connectivity index (χ2v) is 10.2. The number of sulfone groups is 1. The van der Waals surface area contributed by atoms with Crippen LogP contribution in [0.25, 0.3) is 0 Å². The summed E-state index contributed by atoms with van der Waals surface area (Å²) < 4.78 is 29.2. The summed E-state index contributed by atoms with van der Waals surface area (Å²) in [6.07, 6.45) is 5.57. The van der Waals surface area contributed by atoms with Crippen molar-refractivity contribution in [2.24, 2.45) is 11.8 Å². The van der Waals surface area contributed by atoms with Crippen LogP contribution in [0.3, 0.4) is 0 Å². The summed E-state index contributed by atoms with van der Waals surface area (Å²) in [5.74, 6) is 2.14. The van der Waals surface area contributed by atoms with Gasteiger partial charge in [-0.1, -0.05) is 26.7 Å². The smallest absolute Gasteiger partial charge is 0.234 e. The van der Waals surface area contributed by atoms with Gasteiger partial charge in [0, 0.05) is 12.1 Å². The number of amides is 1. The van der Waals surface area contributed by atoms with Crippen molar-refractivity contribution in [3.63, 3.8) is 0 Å². The van der Waals surface area contributed by atoms with E-state index >= 15 is 0 Å². The molecule has 2 aliphatic rings. The zero-order valence-corrected chi connectivity index (χ0v) is 16.5. The Bertz CT molecular complexity index is 701. The fraction of sp³-hybridized carbons (Fsp3) is 0.737. The Hall–Kier alpha value is -1.34. The largest absolute Gasteiger partial charge is 0.468 e. The minimum absolute atomic E-state index is 0.0215. The van der Waals surface area contributed by atoms with E-state index in [9.17, 15) is 13.2 Å². The Morgan fingerprint density at radius 1 is 1.31 bits per heavy atom. The Morgan fingerprint density at radius 3 is 2.77 bits per heavy atom. The van der Waals surface area contributed by atoms with Crippen LogP contribution in [0, 0.1) is 11.8 Å². The molecule has 3 rings (SSSR count). The molecule has 1 aliphatic heterocycles. The van der Waals surface area contributed by atoms with E-state index < -0.39 is 9.84 Å². The third kappa shape index (κ3) is 4.88.